The van der Waals surface area contributed by atoms with Gasteiger partial charge in [-0.1, -0.05) is 6.92 Å². The second kappa shape index (κ2) is 5.67. The molecule has 1 aliphatic rings. The van der Waals surface area contributed by atoms with Crippen LogP contribution in [0.3, 0.4) is 0 Å². The maximum Gasteiger partial charge on any atom is 0.0955 e. The Bertz CT molecular complexity index is 588. The van der Waals surface area contributed by atoms with E-state index in [0.29, 0.717) is 0 Å². The Balaban J connectivity index is 1.87. The predicted octanol–water partition coefficient (Wildman–Crippen LogP) is 2.35. The van der Waals surface area contributed by atoms with Crippen molar-refractivity contribution in [3.63, 3.8) is 0 Å². The van der Waals surface area contributed by atoms with Crippen LogP contribution in [-0.4, -0.2) is 42.6 Å². The first kappa shape index (κ1) is 13.2. The maximum atomic E-state index is 6.05. The zero-order valence-electron chi connectivity index (χ0n) is 12.0. The van der Waals surface area contributed by atoms with E-state index in [1.54, 1.807) is 0 Å². The predicted molar refractivity (Wildman–Crippen MR) is 85.1 cm³/mol. The normalized spacial score (nSPS) is 16.8. The summed E-state index contributed by atoms with van der Waals surface area (Å²) < 4.78 is 0. The number of fused-ring (bicyclic) bond motifs is 1. The summed E-state index contributed by atoms with van der Waals surface area (Å²) in [4.78, 5) is 9.50. The number of nitrogens with two attached hydrogens (primary N) is 1. The van der Waals surface area contributed by atoms with Crippen LogP contribution in [0.15, 0.2) is 30.5 Å². The van der Waals surface area contributed by atoms with Crippen LogP contribution in [0.2, 0.25) is 0 Å². The highest BCUT2D eigenvalue weighted by atomic mass is 15.3. The molecule has 0 aliphatic carbocycles. The third-order valence-electron chi connectivity index (χ3n) is 4.03. The molecule has 4 heteroatoms. The lowest BCUT2D eigenvalue weighted by atomic mass is 10.1. The van der Waals surface area contributed by atoms with Crippen molar-refractivity contribution in [3.8, 4) is 0 Å². The minimum absolute atomic E-state index is 0.807. The summed E-state index contributed by atoms with van der Waals surface area (Å²) in [5.74, 6) is 0. The van der Waals surface area contributed by atoms with E-state index in [1.165, 1.54) is 18.7 Å². The largest absolute Gasteiger partial charge is 0.398 e. The molecule has 2 N–H and O–H groups in total. The van der Waals surface area contributed by atoms with E-state index in [4.69, 9.17) is 5.73 Å². The minimum atomic E-state index is 0.807. The summed E-state index contributed by atoms with van der Waals surface area (Å²) in [5.41, 5.74) is 9.09. The molecule has 20 heavy (non-hydrogen) atoms. The second-order valence-electron chi connectivity index (χ2n) is 5.40. The van der Waals surface area contributed by atoms with E-state index in [2.05, 4.69) is 33.8 Å². The molecule has 0 unspecified atom stereocenters. The van der Waals surface area contributed by atoms with Gasteiger partial charge < -0.3 is 10.6 Å². The molecule has 1 saturated heterocycles. The van der Waals surface area contributed by atoms with Crippen LogP contribution >= 0.6 is 0 Å². The van der Waals surface area contributed by atoms with Gasteiger partial charge in [-0.15, -0.1) is 0 Å². The fraction of sp³-hybridized carbons (Fsp3) is 0.438. The van der Waals surface area contributed by atoms with Gasteiger partial charge in [-0.3, -0.25) is 9.88 Å². The van der Waals surface area contributed by atoms with Gasteiger partial charge in [-0.2, -0.15) is 0 Å². The molecule has 2 heterocycles. The summed E-state index contributed by atoms with van der Waals surface area (Å²) in [6.07, 6.45) is 3.07. The van der Waals surface area contributed by atoms with Gasteiger partial charge in [0.25, 0.3) is 0 Å². The molecule has 106 valence electrons. The number of nitrogen functional groups attached to an aromatic ring is 1. The minimum Gasteiger partial charge on any atom is -0.398 e. The number of hydrogen-bond acceptors (Lipinski definition) is 4. The summed E-state index contributed by atoms with van der Waals surface area (Å²) in [6, 6.07) is 8.11. The SMILES string of the molecule is CCCN1CCN(c2ccc(N)c3cccnc23)CC1. The van der Waals surface area contributed by atoms with Crippen molar-refractivity contribution in [3.05, 3.63) is 30.5 Å². The Morgan fingerprint density at radius 3 is 2.70 bits per heavy atom. The van der Waals surface area contributed by atoms with Gasteiger partial charge in [-0.05, 0) is 37.2 Å². The molecule has 2 aromatic rings. The van der Waals surface area contributed by atoms with Gasteiger partial charge in [0.2, 0.25) is 0 Å². The lowest BCUT2D eigenvalue weighted by molar-refractivity contribution is 0.258. The van der Waals surface area contributed by atoms with Crippen molar-refractivity contribution in [2.24, 2.45) is 0 Å². The second-order valence-corrected chi connectivity index (χ2v) is 5.40. The quantitative estimate of drug-likeness (QED) is 0.870. The molecule has 1 aromatic carbocycles. The van der Waals surface area contributed by atoms with Crippen LogP contribution in [0, 0.1) is 0 Å². The average Bonchev–Trinajstić information content (AvgIpc) is 2.49. The number of piperazine rings is 1. The molecule has 3 rings (SSSR count). The Hall–Kier alpha value is -1.81. The van der Waals surface area contributed by atoms with Gasteiger partial charge in [0.15, 0.2) is 0 Å². The third-order valence-corrected chi connectivity index (χ3v) is 4.03. The van der Waals surface area contributed by atoms with Crippen molar-refractivity contribution in [2.45, 2.75) is 13.3 Å². The first-order valence-electron chi connectivity index (χ1n) is 7.40. The number of benzene rings is 1. The van der Waals surface area contributed by atoms with Crippen LogP contribution < -0.4 is 10.6 Å². The molecular weight excluding hydrogens is 248 g/mol. The zero-order chi connectivity index (χ0) is 13.9. The lowest BCUT2D eigenvalue weighted by Gasteiger charge is -2.36. The topological polar surface area (TPSA) is 45.4 Å². The Labute approximate surface area is 120 Å². The number of hydrogen-bond donors (Lipinski definition) is 1. The number of anilines is 2. The van der Waals surface area contributed by atoms with E-state index in [0.717, 1.165) is 42.8 Å². The number of pyridine rings is 1. The van der Waals surface area contributed by atoms with Crippen LogP contribution in [0.5, 0.6) is 0 Å². The smallest absolute Gasteiger partial charge is 0.0955 e. The highest BCUT2D eigenvalue weighted by Crippen LogP contribution is 2.29. The summed E-state index contributed by atoms with van der Waals surface area (Å²) in [6.45, 7) is 7.84. The fourth-order valence-electron chi connectivity index (χ4n) is 2.96. The van der Waals surface area contributed by atoms with E-state index >= 15 is 0 Å². The van der Waals surface area contributed by atoms with Crippen LogP contribution in [0.25, 0.3) is 10.9 Å². The number of rotatable bonds is 3. The Morgan fingerprint density at radius 2 is 1.95 bits per heavy atom. The highest BCUT2D eigenvalue weighted by molar-refractivity contribution is 5.98. The molecule has 0 amide bonds. The monoisotopic (exact) mass is 270 g/mol. The summed E-state index contributed by atoms with van der Waals surface area (Å²) in [5, 5.41) is 1.06. The Morgan fingerprint density at radius 1 is 1.15 bits per heavy atom. The lowest BCUT2D eigenvalue weighted by Crippen LogP contribution is -2.46. The van der Waals surface area contributed by atoms with Gasteiger partial charge in [0.1, 0.15) is 0 Å². The average molecular weight is 270 g/mol. The molecule has 0 spiro atoms. The standard InChI is InChI=1S/C16H22N4/c1-2-8-19-9-11-20(12-10-19)15-6-5-14(17)13-4-3-7-18-16(13)15/h3-7H,2,8-12,17H2,1H3. The Kier molecular flexibility index (Phi) is 3.74. The molecule has 0 atom stereocenters. The van der Waals surface area contributed by atoms with E-state index < -0.39 is 0 Å². The molecule has 0 radical (unpaired) electrons. The van der Waals surface area contributed by atoms with Crippen LogP contribution in [0.1, 0.15) is 13.3 Å². The first-order chi connectivity index (χ1) is 9.79. The van der Waals surface area contributed by atoms with Gasteiger partial charge in [0.05, 0.1) is 11.2 Å². The van der Waals surface area contributed by atoms with E-state index in [1.807, 2.05) is 18.3 Å². The molecule has 1 aromatic heterocycles. The third kappa shape index (κ3) is 2.43. The van der Waals surface area contributed by atoms with Crippen molar-refractivity contribution in [1.82, 2.24) is 9.88 Å². The first-order valence-corrected chi connectivity index (χ1v) is 7.40. The van der Waals surface area contributed by atoms with Crippen LogP contribution in [-0.2, 0) is 0 Å². The maximum absolute atomic E-state index is 6.05. The number of nitrogens with zero attached hydrogens (tertiary/aromatic N) is 3. The van der Waals surface area contributed by atoms with E-state index in [-0.39, 0.29) is 0 Å². The van der Waals surface area contributed by atoms with E-state index in [9.17, 15) is 0 Å². The molecule has 0 bridgehead atoms. The summed E-state index contributed by atoms with van der Waals surface area (Å²) in [7, 11) is 0. The molecule has 1 aliphatic heterocycles. The van der Waals surface area contributed by atoms with Crippen molar-refractivity contribution < 1.29 is 0 Å². The van der Waals surface area contributed by atoms with Gasteiger partial charge in [0, 0.05) is 43.4 Å². The highest BCUT2D eigenvalue weighted by Gasteiger charge is 2.18. The van der Waals surface area contributed by atoms with Crippen molar-refractivity contribution in [1.29, 1.82) is 0 Å². The molecular formula is C16H22N4. The molecule has 0 saturated carbocycles. The van der Waals surface area contributed by atoms with Crippen molar-refractivity contribution >= 4 is 22.3 Å². The van der Waals surface area contributed by atoms with Gasteiger partial charge in [-0.25, -0.2) is 0 Å². The van der Waals surface area contributed by atoms with Crippen LogP contribution in [0.4, 0.5) is 11.4 Å². The fourth-order valence-corrected chi connectivity index (χ4v) is 2.96. The number of aromatic nitrogens is 1. The van der Waals surface area contributed by atoms with Gasteiger partial charge >= 0.3 is 0 Å². The molecule has 4 nitrogen and oxygen atoms in total. The molecule has 1 fully saturated rings. The summed E-state index contributed by atoms with van der Waals surface area (Å²) >= 11 is 0. The zero-order valence-corrected chi connectivity index (χ0v) is 12.0. The van der Waals surface area contributed by atoms with Crippen molar-refractivity contribution in [2.75, 3.05) is 43.4 Å².